The molecule has 0 aliphatic heterocycles. The number of carboxylic acid groups (broad SMARTS) is 1. The molecule has 0 radical (unpaired) electrons. The zero-order valence-corrected chi connectivity index (χ0v) is 11.9. The van der Waals surface area contributed by atoms with Gasteiger partial charge in [-0.1, -0.05) is 0 Å². The summed E-state index contributed by atoms with van der Waals surface area (Å²) in [5.41, 5.74) is 0.312. The zero-order valence-electron chi connectivity index (χ0n) is 11.1. The Balaban J connectivity index is 2.85. The Hall–Kier alpha value is -1.74. The van der Waals surface area contributed by atoms with Gasteiger partial charge in [0, 0.05) is 25.8 Å². The van der Waals surface area contributed by atoms with E-state index >= 15 is 0 Å². The molecule has 1 aromatic carbocycles. The number of hydrogen-bond donors (Lipinski definition) is 2. The van der Waals surface area contributed by atoms with Crippen LogP contribution >= 0.6 is 0 Å². The molecule has 0 bridgehead atoms. The van der Waals surface area contributed by atoms with Gasteiger partial charge in [0.1, 0.15) is 6.04 Å². The van der Waals surface area contributed by atoms with E-state index in [4.69, 9.17) is 9.84 Å². The Bertz CT molecular complexity index is 574. The Morgan fingerprint density at radius 1 is 1.33 bits per heavy atom. The summed E-state index contributed by atoms with van der Waals surface area (Å²) in [7, 11) is -3.22. The summed E-state index contributed by atoms with van der Waals surface area (Å²) in [6.45, 7) is 0.224. The number of aliphatic carboxylic acids is 1. The first-order valence-corrected chi connectivity index (χ1v) is 7.44. The SMILES string of the molecule is COCCC(Nc1ccc(S(=O)(=O)C(F)F)cc1)C(=O)O. The molecule has 9 heteroatoms. The summed E-state index contributed by atoms with van der Waals surface area (Å²) in [6, 6.07) is 3.54. The first kappa shape index (κ1) is 17.3. The second-order valence-corrected chi connectivity index (χ2v) is 6.06. The van der Waals surface area contributed by atoms with Gasteiger partial charge in [0.2, 0.25) is 9.84 Å². The molecule has 1 aromatic rings. The minimum Gasteiger partial charge on any atom is -0.480 e. The van der Waals surface area contributed by atoms with Gasteiger partial charge in [-0.3, -0.25) is 0 Å². The van der Waals surface area contributed by atoms with Crippen LogP contribution in [0.3, 0.4) is 0 Å². The molecule has 0 saturated heterocycles. The van der Waals surface area contributed by atoms with Crippen LogP contribution in [0.25, 0.3) is 0 Å². The number of rotatable bonds is 8. The Labute approximate surface area is 120 Å². The van der Waals surface area contributed by atoms with Crippen LogP contribution in [0.5, 0.6) is 0 Å². The van der Waals surface area contributed by atoms with Crippen molar-refractivity contribution < 1.29 is 31.8 Å². The van der Waals surface area contributed by atoms with Gasteiger partial charge in [-0.25, -0.2) is 13.2 Å². The third-order valence-corrected chi connectivity index (χ3v) is 4.07. The van der Waals surface area contributed by atoms with E-state index in [-0.39, 0.29) is 13.0 Å². The number of halogens is 2. The minimum atomic E-state index is -4.65. The fraction of sp³-hybridized carbons (Fsp3) is 0.417. The van der Waals surface area contributed by atoms with Crippen LogP contribution in [-0.2, 0) is 19.4 Å². The fourth-order valence-electron chi connectivity index (χ4n) is 1.54. The summed E-state index contributed by atoms with van der Waals surface area (Å²) < 4.78 is 52.0. The lowest BCUT2D eigenvalue weighted by molar-refractivity contribution is -0.138. The molecule has 0 aliphatic rings. The molecule has 118 valence electrons. The number of methoxy groups -OCH3 is 1. The quantitative estimate of drug-likeness (QED) is 0.754. The second kappa shape index (κ2) is 7.32. The lowest BCUT2D eigenvalue weighted by Crippen LogP contribution is -2.30. The molecule has 0 saturated carbocycles. The molecule has 0 heterocycles. The Morgan fingerprint density at radius 3 is 2.33 bits per heavy atom. The lowest BCUT2D eigenvalue weighted by atomic mass is 10.2. The maximum Gasteiger partial charge on any atom is 0.341 e. The highest BCUT2D eigenvalue weighted by molar-refractivity contribution is 7.91. The number of alkyl halides is 2. The van der Waals surface area contributed by atoms with Crippen molar-refractivity contribution in [1.82, 2.24) is 0 Å². The number of nitrogens with one attached hydrogen (secondary N) is 1. The third kappa shape index (κ3) is 4.64. The van der Waals surface area contributed by atoms with E-state index < -0.39 is 32.5 Å². The second-order valence-electron chi connectivity index (χ2n) is 4.15. The summed E-state index contributed by atoms with van der Waals surface area (Å²) in [5, 5.41) is 11.7. The highest BCUT2D eigenvalue weighted by atomic mass is 32.2. The molecule has 0 aromatic heterocycles. The molecule has 1 rings (SSSR count). The predicted octanol–water partition coefficient (Wildman–Crippen LogP) is 1.58. The highest BCUT2D eigenvalue weighted by Gasteiger charge is 2.26. The van der Waals surface area contributed by atoms with Crippen molar-refractivity contribution in [3.8, 4) is 0 Å². The van der Waals surface area contributed by atoms with E-state index in [1.54, 1.807) is 0 Å². The first-order valence-electron chi connectivity index (χ1n) is 5.89. The van der Waals surface area contributed by atoms with Gasteiger partial charge in [-0.05, 0) is 24.3 Å². The maximum atomic E-state index is 12.4. The van der Waals surface area contributed by atoms with Crippen LogP contribution in [-0.4, -0.2) is 45.0 Å². The van der Waals surface area contributed by atoms with Crippen molar-refractivity contribution in [1.29, 1.82) is 0 Å². The zero-order chi connectivity index (χ0) is 16.0. The number of benzene rings is 1. The van der Waals surface area contributed by atoms with Gasteiger partial charge in [-0.15, -0.1) is 0 Å². The normalized spacial score (nSPS) is 13.1. The van der Waals surface area contributed by atoms with E-state index in [0.717, 1.165) is 12.1 Å². The molecule has 1 unspecified atom stereocenters. The highest BCUT2D eigenvalue weighted by Crippen LogP contribution is 2.20. The van der Waals surface area contributed by atoms with Gasteiger partial charge >= 0.3 is 11.7 Å². The molecule has 0 spiro atoms. The van der Waals surface area contributed by atoms with Crippen LogP contribution in [0.2, 0.25) is 0 Å². The van der Waals surface area contributed by atoms with Crippen LogP contribution in [0, 0.1) is 0 Å². The number of sulfone groups is 1. The van der Waals surface area contributed by atoms with Crippen LogP contribution < -0.4 is 5.32 Å². The molecule has 6 nitrogen and oxygen atoms in total. The number of carboxylic acids is 1. The smallest absolute Gasteiger partial charge is 0.341 e. The molecular weight excluding hydrogens is 308 g/mol. The molecular formula is C12H15F2NO5S. The van der Waals surface area contributed by atoms with E-state index in [0.29, 0.717) is 5.69 Å². The van der Waals surface area contributed by atoms with Crippen LogP contribution in [0.4, 0.5) is 14.5 Å². The Morgan fingerprint density at radius 2 is 1.90 bits per heavy atom. The topological polar surface area (TPSA) is 92.7 Å². The Kier molecular flexibility index (Phi) is 6.03. The minimum absolute atomic E-state index is 0.197. The van der Waals surface area contributed by atoms with Crippen molar-refractivity contribution in [2.75, 3.05) is 19.0 Å². The van der Waals surface area contributed by atoms with E-state index in [1.165, 1.54) is 19.2 Å². The summed E-state index contributed by atoms with van der Waals surface area (Å²) >= 11 is 0. The van der Waals surface area contributed by atoms with Crippen molar-refractivity contribution >= 4 is 21.5 Å². The van der Waals surface area contributed by atoms with Gasteiger partial charge in [0.15, 0.2) is 0 Å². The van der Waals surface area contributed by atoms with Crippen molar-refractivity contribution in [3.05, 3.63) is 24.3 Å². The van der Waals surface area contributed by atoms with Crippen molar-refractivity contribution in [2.24, 2.45) is 0 Å². The number of carbonyl (C=O) groups is 1. The van der Waals surface area contributed by atoms with E-state index in [9.17, 15) is 22.0 Å². The van der Waals surface area contributed by atoms with Gasteiger partial charge in [-0.2, -0.15) is 8.78 Å². The summed E-state index contributed by atoms with van der Waals surface area (Å²) in [6.07, 6.45) is 0.197. The van der Waals surface area contributed by atoms with Crippen molar-refractivity contribution in [3.63, 3.8) is 0 Å². The third-order valence-electron chi connectivity index (χ3n) is 2.67. The monoisotopic (exact) mass is 323 g/mol. The molecule has 2 N–H and O–H groups in total. The largest absolute Gasteiger partial charge is 0.480 e. The molecule has 0 fully saturated rings. The lowest BCUT2D eigenvalue weighted by Gasteiger charge is -2.15. The fourth-order valence-corrected chi connectivity index (χ4v) is 2.26. The standard InChI is InChI=1S/C12H15F2NO5S/c1-20-7-6-10(11(16)17)15-8-2-4-9(5-3-8)21(18,19)12(13)14/h2-5,10,12,15H,6-7H2,1H3,(H,16,17). The number of anilines is 1. The van der Waals surface area contributed by atoms with Gasteiger partial charge in [0.05, 0.1) is 4.90 Å². The van der Waals surface area contributed by atoms with E-state index in [2.05, 4.69) is 5.32 Å². The van der Waals surface area contributed by atoms with Crippen LogP contribution in [0.1, 0.15) is 6.42 Å². The number of hydrogen-bond acceptors (Lipinski definition) is 5. The molecule has 1 atom stereocenters. The van der Waals surface area contributed by atoms with E-state index in [1.807, 2.05) is 0 Å². The molecule has 0 aliphatic carbocycles. The van der Waals surface area contributed by atoms with Gasteiger partial charge < -0.3 is 15.2 Å². The molecule has 0 amide bonds. The predicted molar refractivity (Wildman–Crippen MR) is 71.2 cm³/mol. The first-order chi connectivity index (χ1) is 9.78. The molecule has 21 heavy (non-hydrogen) atoms. The average molecular weight is 323 g/mol. The number of ether oxygens (including phenoxy) is 1. The van der Waals surface area contributed by atoms with Crippen molar-refractivity contribution in [2.45, 2.75) is 23.1 Å². The van der Waals surface area contributed by atoms with Gasteiger partial charge in [0.25, 0.3) is 0 Å². The van der Waals surface area contributed by atoms with Crippen LogP contribution in [0.15, 0.2) is 29.2 Å². The summed E-state index contributed by atoms with van der Waals surface area (Å²) in [4.78, 5) is 10.5. The summed E-state index contributed by atoms with van der Waals surface area (Å²) in [5.74, 6) is -4.60. The average Bonchev–Trinajstić information content (AvgIpc) is 2.43. The maximum absolute atomic E-state index is 12.4.